The van der Waals surface area contributed by atoms with Crippen LogP contribution >= 0.6 is 0 Å². The van der Waals surface area contributed by atoms with Gasteiger partial charge in [0.05, 0.1) is 16.3 Å². The standard InChI is InChI=1S/C12H12N2O4S/c1-8-9(12(15)16)7-14(13-8)10-5-3-4-6-11(10)19(2,17)18/h3-7H,1-2H3,(H,15,16). The lowest BCUT2D eigenvalue weighted by molar-refractivity contribution is 0.0696. The van der Waals surface area contributed by atoms with Gasteiger partial charge in [0, 0.05) is 12.5 Å². The van der Waals surface area contributed by atoms with Crippen molar-refractivity contribution in [2.75, 3.05) is 6.26 Å². The number of carbonyl (C=O) groups is 1. The Morgan fingerprint density at radius 1 is 1.32 bits per heavy atom. The van der Waals surface area contributed by atoms with E-state index in [1.807, 2.05) is 0 Å². The van der Waals surface area contributed by atoms with Crippen molar-refractivity contribution in [3.8, 4) is 5.69 Å². The summed E-state index contributed by atoms with van der Waals surface area (Å²) < 4.78 is 24.7. The zero-order valence-electron chi connectivity index (χ0n) is 10.4. The monoisotopic (exact) mass is 280 g/mol. The predicted octanol–water partition coefficient (Wildman–Crippen LogP) is 1.28. The smallest absolute Gasteiger partial charge is 0.339 e. The summed E-state index contributed by atoms with van der Waals surface area (Å²) in [6.07, 6.45) is 2.40. The summed E-state index contributed by atoms with van der Waals surface area (Å²) in [5.41, 5.74) is 0.708. The van der Waals surface area contributed by atoms with Crippen LogP contribution in [0.5, 0.6) is 0 Å². The summed E-state index contributed by atoms with van der Waals surface area (Å²) in [5.74, 6) is -1.10. The van der Waals surface area contributed by atoms with Crippen LogP contribution in [0.25, 0.3) is 5.69 Å². The van der Waals surface area contributed by atoms with Gasteiger partial charge in [-0.15, -0.1) is 0 Å². The Labute approximate surface area is 110 Å². The van der Waals surface area contributed by atoms with Gasteiger partial charge in [0.15, 0.2) is 9.84 Å². The molecule has 0 radical (unpaired) electrons. The van der Waals surface area contributed by atoms with Crippen LogP contribution in [0.2, 0.25) is 0 Å². The van der Waals surface area contributed by atoms with Crippen LogP contribution < -0.4 is 0 Å². The molecule has 0 saturated heterocycles. The Kier molecular flexibility index (Phi) is 3.15. The number of carboxylic acid groups (broad SMARTS) is 1. The minimum Gasteiger partial charge on any atom is -0.478 e. The highest BCUT2D eigenvalue weighted by atomic mass is 32.2. The summed E-state index contributed by atoms with van der Waals surface area (Å²) in [4.78, 5) is 11.1. The number of aromatic carboxylic acids is 1. The first-order valence-corrected chi connectivity index (χ1v) is 7.29. The Morgan fingerprint density at radius 2 is 1.95 bits per heavy atom. The molecule has 1 N–H and O–H groups in total. The largest absolute Gasteiger partial charge is 0.478 e. The van der Waals surface area contributed by atoms with E-state index in [0.717, 1.165) is 6.26 Å². The van der Waals surface area contributed by atoms with Gasteiger partial charge >= 0.3 is 5.97 Å². The average Bonchev–Trinajstić information content (AvgIpc) is 2.70. The predicted molar refractivity (Wildman–Crippen MR) is 68.4 cm³/mol. The molecule has 0 aliphatic rings. The highest BCUT2D eigenvalue weighted by Crippen LogP contribution is 2.20. The average molecular weight is 280 g/mol. The fourth-order valence-corrected chi connectivity index (χ4v) is 2.62. The van der Waals surface area contributed by atoms with E-state index in [9.17, 15) is 13.2 Å². The fraction of sp³-hybridized carbons (Fsp3) is 0.167. The number of carboxylic acids is 1. The van der Waals surface area contributed by atoms with Gasteiger partial charge in [-0.3, -0.25) is 0 Å². The number of hydrogen-bond donors (Lipinski definition) is 1. The number of sulfone groups is 1. The van der Waals surface area contributed by atoms with E-state index in [-0.39, 0.29) is 10.5 Å². The van der Waals surface area contributed by atoms with Crippen LogP contribution in [0.15, 0.2) is 35.4 Å². The van der Waals surface area contributed by atoms with Gasteiger partial charge in [-0.2, -0.15) is 5.10 Å². The van der Waals surface area contributed by atoms with Crippen molar-refractivity contribution in [3.63, 3.8) is 0 Å². The number of rotatable bonds is 3. The summed E-state index contributed by atoms with van der Waals surface area (Å²) in [5, 5.41) is 13.0. The highest BCUT2D eigenvalue weighted by Gasteiger charge is 2.18. The number of aryl methyl sites for hydroxylation is 1. The van der Waals surface area contributed by atoms with Crippen LogP contribution in [0.1, 0.15) is 16.1 Å². The maximum atomic E-state index is 11.7. The third kappa shape index (κ3) is 2.50. The van der Waals surface area contributed by atoms with Gasteiger partial charge in [-0.1, -0.05) is 12.1 Å². The van der Waals surface area contributed by atoms with Crippen LogP contribution in [0, 0.1) is 6.92 Å². The van der Waals surface area contributed by atoms with E-state index in [2.05, 4.69) is 5.10 Å². The van der Waals surface area contributed by atoms with Gasteiger partial charge in [0.25, 0.3) is 0 Å². The molecular weight excluding hydrogens is 268 g/mol. The second-order valence-electron chi connectivity index (χ2n) is 4.12. The first-order valence-electron chi connectivity index (χ1n) is 5.39. The second-order valence-corrected chi connectivity index (χ2v) is 6.10. The first-order chi connectivity index (χ1) is 8.80. The maximum absolute atomic E-state index is 11.7. The van der Waals surface area contributed by atoms with Gasteiger partial charge in [0.2, 0.25) is 0 Å². The summed E-state index contributed by atoms with van der Waals surface area (Å²) >= 11 is 0. The number of nitrogens with zero attached hydrogens (tertiary/aromatic N) is 2. The van der Waals surface area contributed by atoms with Crippen molar-refractivity contribution in [3.05, 3.63) is 41.7 Å². The minimum atomic E-state index is -3.41. The van der Waals surface area contributed by atoms with Crippen molar-refractivity contribution in [1.29, 1.82) is 0 Å². The Hall–Kier alpha value is -2.15. The molecule has 7 heteroatoms. The molecule has 1 aromatic heterocycles. The summed E-state index contributed by atoms with van der Waals surface area (Å²) in [6, 6.07) is 6.31. The molecule has 2 aromatic rings. The molecule has 1 aromatic carbocycles. The number of aromatic nitrogens is 2. The minimum absolute atomic E-state index is 0.0447. The van der Waals surface area contributed by atoms with Gasteiger partial charge in [-0.05, 0) is 19.1 Å². The summed E-state index contributed by atoms with van der Waals surface area (Å²) in [6.45, 7) is 1.56. The Bertz CT molecular complexity index is 747. The zero-order chi connectivity index (χ0) is 14.2. The van der Waals surface area contributed by atoms with Crippen LogP contribution in [0.4, 0.5) is 0 Å². The Balaban J connectivity index is 2.67. The normalized spacial score (nSPS) is 11.5. The maximum Gasteiger partial charge on any atom is 0.339 e. The topological polar surface area (TPSA) is 89.3 Å². The molecule has 0 atom stereocenters. The van der Waals surface area contributed by atoms with E-state index in [4.69, 9.17) is 5.11 Å². The molecule has 6 nitrogen and oxygen atoms in total. The number of hydrogen-bond acceptors (Lipinski definition) is 4. The molecule has 100 valence electrons. The number of para-hydroxylation sites is 1. The van der Waals surface area contributed by atoms with Crippen molar-refractivity contribution < 1.29 is 18.3 Å². The van der Waals surface area contributed by atoms with Crippen LogP contribution in [0.3, 0.4) is 0 Å². The molecule has 0 amide bonds. The lowest BCUT2D eigenvalue weighted by Crippen LogP contribution is -2.05. The first kappa shape index (κ1) is 13.3. The van der Waals surface area contributed by atoms with Gasteiger partial charge in [0.1, 0.15) is 5.56 Å². The van der Waals surface area contributed by atoms with E-state index >= 15 is 0 Å². The second kappa shape index (κ2) is 4.51. The van der Waals surface area contributed by atoms with E-state index < -0.39 is 15.8 Å². The molecule has 0 aliphatic heterocycles. The molecule has 2 rings (SSSR count). The SMILES string of the molecule is Cc1nn(-c2ccccc2S(C)(=O)=O)cc1C(=O)O. The highest BCUT2D eigenvalue weighted by molar-refractivity contribution is 7.90. The van der Waals surface area contributed by atoms with Crippen molar-refractivity contribution in [1.82, 2.24) is 9.78 Å². The fourth-order valence-electron chi connectivity index (χ4n) is 1.75. The van der Waals surface area contributed by atoms with E-state index in [0.29, 0.717) is 11.4 Å². The van der Waals surface area contributed by atoms with E-state index in [1.54, 1.807) is 25.1 Å². The van der Waals surface area contributed by atoms with Crippen molar-refractivity contribution >= 4 is 15.8 Å². The van der Waals surface area contributed by atoms with Gasteiger partial charge < -0.3 is 5.11 Å². The third-order valence-electron chi connectivity index (χ3n) is 2.64. The molecule has 0 bridgehead atoms. The number of benzene rings is 1. The zero-order valence-corrected chi connectivity index (χ0v) is 11.2. The molecule has 0 spiro atoms. The van der Waals surface area contributed by atoms with Crippen LogP contribution in [-0.2, 0) is 9.84 Å². The van der Waals surface area contributed by atoms with Crippen LogP contribution in [-0.4, -0.2) is 35.5 Å². The lowest BCUT2D eigenvalue weighted by Gasteiger charge is -2.07. The van der Waals surface area contributed by atoms with Crippen molar-refractivity contribution in [2.24, 2.45) is 0 Å². The third-order valence-corrected chi connectivity index (χ3v) is 3.79. The molecule has 0 aliphatic carbocycles. The summed E-state index contributed by atoms with van der Waals surface area (Å²) in [7, 11) is -3.41. The van der Waals surface area contributed by atoms with E-state index in [1.165, 1.54) is 16.9 Å². The Morgan fingerprint density at radius 3 is 2.47 bits per heavy atom. The molecule has 0 fully saturated rings. The molecule has 0 saturated carbocycles. The van der Waals surface area contributed by atoms with Crippen molar-refractivity contribution in [2.45, 2.75) is 11.8 Å². The molecule has 19 heavy (non-hydrogen) atoms. The molecular formula is C12H12N2O4S. The molecule has 1 heterocycles. The lowest BCUT2D eigenvalue weighted by atomic mass is 10.3. The molecule has 0 unspecified atom stereocenters. The van der Waals surface area contributed by atoms with Gasteiger partial charge in [-0.25, -0.2) is 17.9 Å². The quantitative estimate of drug-likeness (QED) is 0.914.